The number of benzene rings is 1. The smallest absolute Gasteiger partial charge is 0.148 e. The van der Waals surface area contributed by atoms with E-state index in [9.17, 15) is 5.11 Å². The summed E-state index contributed by atoms with van der Waals surface area (Å²) in [6, 6.07) is 1.61. The van der Waals surface area contributed by atoms with E-state index in [4.69, 9.17) is 23.2 Å². The maximum Gasteiger partial charge on any atom is 0.148 e. The molecule has 0 saturated carbocycles. The fourth-order valence-electron chi connectivity index (χ4n) is 0.675. The number of hydrogen-bond acceptors (Lipinski definition) is 1. The van der Waals surface area contributed by atoms with Gasteiger partial charge in [-0.3, -0.25) is 0 Å². The van der Waals surface area contributed by atoms with E-state index in [0.717, 1.165) is 0 Å². The van der Waals surface area contributed by atoms with Gasteiger partial charge in [0.2, 0.25) is 0 Å². The molecule has 1 aromatic rings. The third kappa shape index (κ3) is 1.63. The summed E-state index contributed by atoms with van der Waals surface area (Å²) in [5.74, 6) is 0.0357. The second-order valence-corrected chi connectivity index (χ2v) is 3.77. The van der Waals surface area contributed by atoms with Crippen LogP contribution < -0.4 is 0 Å². The zero-order valence-corrected chi connectivity index (χ0v) is 8.76. The summed E-state index contributed by atoms with van der Waals surface area (Å²) in [6.45, 7) is 1.75. The molecular formula is C7H5BrCl2O. The summed E-state index contributed by atoms with van der Waals surface area (Å²) in [6.07, 6.45) is 0. The van der Waals surface area contributed by atoms with Gasteiger partial charge in [0.05, 0.1) is 9.50 Å². The third-order valence-electron chi connectivity index (χ3n) is 1.38. The Bertz CT molecular complexity index is 273. The zero-order valence-electron chi connectivity index (χ0n) is 5.66. The van der Waals surface area contributed by atoms with Crippen LogP contribution in [-0.2, 0) is 0 Å². The molecule has 0 fully saturated rings. The van der Waals surface area contributed by atoms with Crippen molar-refractivity contribution < 1.29 is 5.11 Å². The lowest BCUT2D eigenvalue weighted by atomic mass is 10.2. The molecule has 0 amide bonds. The zero-order chi connectivity index (χ0) is 8.59. The van der Waals surface area contributed by atoms with Gasteiger partial charge < -0.3 is 5.11 Å². The standard InChI is InChI=1S/C7H5BrCl2O/c1-3-5(9)2-4(8)7(11)6(3)10/h2,11H,1H3. The van der Waals surface area contributed by atoms with E-state index >= 15 is 0 Å². The minimum absolute atomic E-state index is 0.0357. The molecule has 0 unspecified atom stereocenters. The van der Waals surface area contributed by atoms with Crippen LogP contribution in [0.5, 0.6) is 5.75 Å². The van der Waals surface area contributed by atoms with Gasteiger partial charge in [-0.25, -0.2) is 0 Å². The normalized spacial score (nSPS) is 10.2. The highest BCUT2D eigenvalue weighted by molar-refractivity contribution is 9.10. The van der Waals surface area contributed by atoms with E-state index in [2.05, 4.69) is 15.9 Å². The summed E-state index contributed by atoms with van der Waals surface area (Å²) in [5.41, 5.74) is 0.689. The van der Waals surface area contributed by atoms with E-state index in [1.165, 1.54) is 0 Å². The van der Waals surface area contributed by atoms with Crippen molar-refractivity contribution in [1.82, 2.24) is 0 Å². The lowest BCUT2D eigenvalue weighted by Crippen LogP contribution is -1.79. The van der Waals surface area contributed by atoms with Gasteiger partial charge in [-0.05, 0) is 34.5 Å². The van der Waals surface area contributed by atoms with Crippen molar-refractivity contribution in [2.75, 3.05) is 0 Å². The lowest BCUT2D eigenvalue weighted by Gasteiger charge is -2.04. The molecule has 0 aliphatic heterocycles. The Hall–Kier alpha value is 0.0800. The maximum atomic E-state index is 9.27. The van der Waals surface area contributed by atoms with Crippen LogP contribution in [0.1, 0.15) is 5.56 Å². The average Bonchev–Trinajstić information content (AvgIpc) is 1.97. The molecule has 11 heavy (non-hydrogen) atoms. The number of phenolic OH excluding ortho intramolecular Hbond substituents is 1. The van der Waals surface area contributed by atoms with Gasteiger partial charge in [-0.1, -0.05) is 23.2 Å². The molecule has 0 spiro atoms. The first kappa shape index (κ1) is 9.17. The van der Waals surface area contributed by atoms with Gasteiger partial charge in [-0.15, -0.1) is 0 Å². The van der Waals surface area contributed by atoms with Crippen molar-refractivity contribution in [3.63, 3.8) is 0 Å². The van der Waals surface area contributed by atoms with Crippen LogP contribution in [-0.4, -0.2) is 5.11 Å². The summed E-state index contributed by atoms with van der Waals surface area (Å²) < 4.78 is 0.512. The van der Waals surface area contributed by atoms with Gasteiger partial charge in [-0.2, -0.15) is 0 Å². The maximum absolute atomic E-state index is 9.27. The summed E-state index contributed by atoms with van der Waals surface area (Å²) in [7, 11) is 0. The molecular weight excluding hydrogens is 251 g/mol. The van der Waals surface area contributed by atoms with E-state index in [-0.39, 0.29) is 5.75 Å². The molecule has 4 heteroatoms. The second kappa shape index (κ2) is 3.21. The first-order chi connectivity index (χ1) is 5.04. The Morgan fingerprint density at radius 3 is 2.55 bits per heavy atom. The molecule has 0 aliphatic rings. The first-order valence-electron chi connectivity index (χ1n) is 2.87. The first-order valence-corrected chi connectivity index (χ1v) is 4.42. The van der Waals surface area contributed by atoms with Gasteiger partial charge in [0.25, 0.3) is 0 Å². The van der Waals surface area contributed by atoms with Crippen LogP contribution in [0.25, 0.3) is 0 Å². The molecule has 0 bridgehead atoms. The van der Waals surface area contributed by atoms with Crippen molar-refractivity contribution in [3.05, 3.63) is 26.1 Å². The molecule has 0 saturated heterocycles. The molecule has 0 aliphatic carbocycles. The molecule has 0 atom stereocenters. The fourth-order valence-corrected chi connectivity index (χ4v) is 1.80. The largest absolute Gasteiger partial charge is 0.505 e. The summed E-state index contributed by atoms with van der Waals surface area (Å²) in [4.78, 5) is 0. The van der Waals surface area contributed by atoms with Crippen LogP contribution in [0, 0.1) is 6.92 Å². The van der Waals surface area contributed by atoms with Crippen LogP contribution in [0.15, 0.2) is 10.5 Å². The Morgan fingerprint density at radius 1 is 1.45 bits per heavy atom. The molecule has 60 valence electrons. The predicted molar refractivity (Wildman–Crippen MR) is 50.6 cm³/mol. The van der Waals surface area contributed by atoms with Crippen molar-refractivity contribution in [3.8, 4) is 5.75 Å². The van der Waals surface area contributed by atoms with Gasteiger partial charge in [0.15, 0.2) is 0 Å². The topological polar surface area (TPSA) is 20.2 Å². The third-order valence-corrected chi connectivity index (χ3v) is 2.83. The van der Waals surface area contributed by atoms with Crippen LogP contribution in [0.2, 0.25) is 10.0 Å². The quantitative estimate of drug-likeness (QED) is 0.748. The minimum Gasteiger partial charge on any atom is -0.505 e. The van der Waals surface area contributed by atoms with Crippen molar-refractivity contribution in [2.45, 2.75) is 6.92 Å². The van der Waals surface area contributed by atoms with E-state index in [0.29, 0.717) is 20.1 Å². The molecule has 0 heterocycles. The predicted octanol–water partition coefficient (Wildman–Crippen LogP) is 3.77. The minimum atomic E-state index is 0.0357. The van der Waals surface area contributed by atoms with Crippen molar-refractivity contribution in [2.24, 2.45) is 0 Å². The summed E-state index contributed by atoms with van der Waals surface area (Å²) >= 11 is 14.6. The number of halogens is 3. The van der Waals surface area contributed by atoms with Crippen molar-refractivity contribution in [1.29, 1.82) is 0 Å². The number of rotatable bonds is 0. The van der Waals surface area contributed by atoms with Crippen LogP contribution in [0.4, 0.5) is 0 Å². The second-order valence-electron chi connectivity index (χ2n) is 2.13. The van der Waals surface area contributed by atoms with Crippen LogP contribution >= 0.6 is 39.1 Å². The number of hydrogen-bond donors (Lipinski definition) is 1. The van der Waals surface area contributed by atoms with Gasteiger partial charge in [0, 0.05) is 5.02 Å². The average molecular weight is 256 g/mol. The molecule has 1 nitrogen and oxygen atoms in total. The Balaban J connectivity index is 3.46. The lowest BCUT2D eigenvalue weighted by molar-refractivity contribution is 0.472. The molecule has 1 rings (SSSR count). The Labute approximate surface area is 83.1 Å². The highest BCUT2D eigenvalue weighted by Crippen LogP contribution is 2.38. The van der Waals surface area contributed by atoms with E-state index < -0.39 is 0 Å². The molecule has 0 aromatic heterocycles. The van der Waals surface area contributed by atoms with Crippen molar-refractivity contribution >= 4 is 39.1 Å². The van der Waals surface area contributed by atoms with E-state index in [1.807, 2.05) is 0 Å². The fraction of sp³-hybridized carbons (Fsp3) is 0.143. The highest BCUT2D eigenvalue weighted by atomic mass is 79.9. The van der Waals surface area contributed by atoms with Gasteiger partial charge in [0.1, 0.15) is 5.75 Å². The Kier molecular flexibility index (Phi) is 2.68. The Morgan fingerprint density at radius 2 is 2.00 bits per heavy atom. The van der Waals surface area contributed by atoms with E-state index in [1.54, 1.807) is 13.0 Å². The molecule has 1 aromatic carbocycles. The van der Waals surface area contributed by atoms with Gasteiger partial charge >= 0.3 is 0 Å². The number of aromatic hydroxyl groups is 1. The molecule has 0 radical (unpaired) electrons. The highest BCUT2D eigenvalue weighted by Gasteiger charge is 2.09. The SMILES string of the molecule is Cc1c(Cl)cc(Br)c(O)c1Cl. The van der Waals surface area contributed by atoms with Crippen LogP contribution in [0.3, 0.4) is 0 Å². The molecule has 1 N–H and O–H groups in total. The summed E-state index contributed by atoms with van der Waals surface area (Å²) in [5, 5.41) is 10.1. The number of phenols is 1. The monoisotopic (exact) mass is 254 g/mol.